The predicted octanol–water partition coefficient (Wildman–Crippen LogP) is 4.96. The first-order valence-electron chi connectivity index (χ1n) is 13.2. The lowest BCUT2D eigenvalue weighted by molar-refractivity contribution is -0.123. The zero-order valence-corrected chi connectivity index (χ0v) is 22.4. The number of aromatic amines is 1. The summed E-state index contributed by atoms with van der Waals surface area (Å²) in [5.74, 6) is -0.0567. The number of rotatable bonds is 5. The molecule has 4 aliphatic rings. The molecule has 3 aromatic rings. The van der Waals surface area contributed by atoms with E-state index in [1.165, 1.54) is 27.5 Å². The highest BCUT2D eigenvalue weighted by atomic mass is 32.2. The second-order valence-electron chi connectivity index (χ2n) is 10.6. The zero-order chi connectivity index (χ0) is 25.4. The first-order chi connectivity index (χ1) is 18.0. The van der Waals surface area contributed by atoms with E-state index in [1.807, 2.05) is 30.3 Å². The molecular weight excluding hydrogens is 502 g/mol. The van der Waals surface area contributed by atoms with Crippen molar-refractivity contribution in [2.45, 2.75) is 36.5 Å². The van der Waals surface area contributed by atoms with Gasteiger partial charge in [0.2, 0.25) is 11.8 Å². The number of imide groups is 1. The number of para-hydroxylation sites is 1. The van der Waals surface area contributed by atoms with Gasteiger partial charge in [-0.15, -0.1) is 11.8 Å². The second kappa shape index (κ2) is 8.60. The Bertz CT molecular complexity index is 1430. The van der Waals surface area contributed by atoms with Crippen LogP contribution in [0.4, 0.5) is 11.4 Å². The summed E-state index contributed by atoms with van der Waals surface area (Å²) in [7, 11) is 0. The summed E-state index contributed by atoms with van der Waals surface area (Å²) >= 11 is 3.05. The zero-order valence-electron chi connectivity index (χ0n) is 20.8. The van der Waals surface area contributed by atoms with E-state index in [4.69, 9.17) is 0 Å². The average molecular weight is 532 g/mol. The van der Waals surface area contributed by atoms with E-state index in [2.05, 4.69) is 48.0 Å². The van der Waals surface area contributed by atoms with Crippen molar-refractivity contribution < 1.29 is 9.59 Å². The molecule has 6 nitrogen and oxygen atoms in total. The van der Waals surface area contributed by atoms with Crippen molar-refractivity contribution >= 4 is 46.3 Å². The summed E-state index contributed by atoms with van der Waals surface area (Å²) in [6.07, 6.45) is 0.908. The molecule has 2 aromatic carbocycles. The lowest BCUT2D eigenvalue weighted by Gasteiger charge is -2.43. The Morgan fingerprint density at radius 2 is 1.59 bits per heavy atom. The Hall–Kier alpha value is -2.84. The normalized spacial score (nSPS) is 31.4. The monoisotopic (exact) mass is 531 g/mol. The number of nitrogens with zero attached hydrogens (tertiary/aromatic N) is 2. The minimum Gasteiger partial charge on any atom is -0.372 e. The summed E-state index contributed by atoms with van der Waals surface area (Å²) in [4.78, 5) is 47.8. The fourth-order valence-electron chi connectivity index (χ4n) is 7.70. The topological polar surface area (TPSA) is 73.5 Å². The van der Waals surface area contributed by atoms with Crippen molar-refractivity contribution in [1.29, 1.82) is 0 Å². The van der Waals surface area contributed by atoms with Crippen molar-refractivity contribution in [3.05, 3.63) is 74.7 Å². The Labute approximate surface area is 224 Å². The van der Waals surface area contributed by atoms with Crippen molar-refractivity contribution in [2.24, 2.45) is 29.6 Å². The van der Waals surface area contributed by atoms with E-state index in [0.29, 0.717) is 5.69 Å². The molecule has 3 heterocycles. The molecule has 2 saturated carbocycles. The van der Waals surface area contributed by atoms with Gasteiger partial charge in [-0.05, 0) is 67.9 Å². The Balaban J connectivity index is 1.29. The minimum atomic E-state index is -0.269. The van der Waals surface area contributed by atoms with Crippen LogP contribution in [-0.2, 0) is 9.59 Å². The number of benzene rings is 2. The van der Waals surface area contributed by atoms with Crippen LogP contribution in [0.1, 0.15) is 36.6 Å². The Kier molecular flexibility index (Phi) is 5.41. The molecule has 8 heteroatoms. The van der Waals surface area contributed by atoms with Crippen LogP contribution in [0.5, 0.6) is 0 Å². The van der Waals surface area contributed by atoms with Gasteiger partial charge in [0.15, 0.2) is 0 Å². The lowest BCUT2D eigenvalue weighted by Crippen LogP contribution is -2.42. The van der Waals surface area contributed by atoms with Crippen molar-refractivity contribution in [3.8, 4) is 0 Å². The summed E-state index contributed by atoms with van der Waals surface area (Å²) in [5, 5.41) is 1.17. The van der Waals surface area contributed by atoms with Gasteiger partial charge in [0.25, 0.3) is 0 Å². The number of carbonyl (C=O) groups excluding carboxylic acids is 2. The predicted molar refractivity (Wildman–Crippen MR) is 147 cm³/mol. The van der Waals surface area contributed by atoms with Gasteiger partial charge in [-0.3, -0.25) is 19.3 Å². The summed E-state index contributed by atoms with van der Waals surface area (Å²) in [5.41, 5.74) is 3.07. The third kappa shape index (κ3) is 3.27. The number of thioether (sulfide) groups is 1. The smallest absolute Gasteiger partial charge is 0.305 e. The third-order valence-corrected chi connectivity index (χ3v) is 11.7. The summed E-state index contributed by atoms with van der Waals surface area (Å²) in [6, 6.07) is 18.1. The van der Waals surface area contributed by atoms with Crippen LogP contribution < -0.4 is 14.7 Å². The molecule has 1 saturated heterocycles. The quantitative estimate of drug-likeness (QED) is 0.471. The van der Waals surface area contributed by atoms with Crippen LogP contribution in [0.2, 0.25) is 0 Å². The number of hydrogen-bond acceptors (Lipinski definition) is 6. The molecule has 7 rings (SSSR count). The molecule has 5 unspecified atom stereocenters. The van der Waals surface area contributed by atoms with E-state index < -0.39 is 0 Å². The highest BCUT2D eigenvalue weighted by molar-refractivity contribution is 8.00. The van der Waals surface area contributed by atoms with Gasteiger partial charge in [0, 0.05) is 34.8 Å². The number of H-pyrrole nitrogens is 1. The van der Waals surface area contributed by atoms with E-state index in [-0.39, 0.29) is 57.4 Å². The summed E-state index contributed by atoms with van der Waals surface area (Å²) < 4.78 is 0. The van der Waals surface area contributed by atoms with E-state index in [9.17, 15) is 14.4 Å². The highest BCUT2D eigenvalue weighted by Gasteiger charge is 2.69. The second-order valence-corrected chi connectivity index (χ2v) is 12.8. The van der Waals surface area contributed by atoms with Crippen LogP contribution >= 0.6 is 23.1 Å². The molecule has 0 spiro atoms. The van der Waals surface area contributed by atoms with Crippen LogP contribution in [0.15, 0.2) is 64.4 Å². The van der Waals surface area contributed by atoms with Crippen LogP contribution in [0, 0.1) is 29.6 Å². The molecule has 3 fully saturated rings. The number of fused-ring (bicyclic) bond motifs is 9. The SMILES string of the molecule is CCN(CC)c1ccc(C2c3sc(=O)[nH]c3SC3C2[C@H]2C[C@@H]3C3C(=O)N(c4ccccc4)C(=O)C32)cc1. The van der Waals surface area contributed by atoms with Gasteiger partial charge in [0.05, 0.1) is 22.5 Å². The maximum absolute atomic E-state index is 13.8. The molecule has 1 N–H and O–H groups in total. The van der Waals surface area contributed by atoms with Gasteiger partial charge >= 0.3 is 4.87 Å². The molecule has 2 aliphatic heterocycles. The maximum atomic E-state index is 13.8. The van der Waals surface area contributed by atoms with Crippen LogP contribution in [-0.4, -0.2) is 35.1 Å². The van der Waals surface area contributed by atoms with E-state index in [1.54, 1.807) is 11.8 Å². The van der Waals surface area contributed by atoms with Gasteiger partial charge < -0.3 is 9.88 Å². The number of hydrogen-bond donors (Lipinski definition) is 1. The highest BCUT2D eigenvalue weighted by Crippen LogP contribution is 2.68. The maximum Gasteiger partial charge on any atom is 0.305 e. The van der Waals surface area contributed by atoms with Crippen LogP contribution in [0.3, 0.4) is 0 Å². The lowest BCUT2D eigenvalue weighted by atomic mass is 9.68. The molecule has 7 atom stereocenters. The molecule has 2 aliphatic carbocycles. The van der Waals surface area contributed by atoms with Crippen molar-refractivity contribution in [3.63, 3.8) is 0 Å². The third-order valence-electron chi connectivity index (χ3n) is 9.12. The Morgan fingerprint density at radius 3 is 2.27 bits per heavy atom. The molecule has 0 radical (unpaired) electrons. The standard InChI is InChI=1S/C29H29N3O3S2/c1-3-31(4-2)16-12-10-15(11-13-16)20-21-18-14-19(24(21)36-26-25(20)37-29(35)30-26)23-22(18)27(33)32(28(23)34)17-8-6-5-7-9-17/h5-13,18-24H,3-4,14H2,1-2H3,(H,30,35)/t18-,19-,20?,21?,22?,23?,24?/m1/s1. The van der Waals surface area contributed by atoms with Gasteiger partial charge in [-0.2, -0.15) is 0 Å². The largest absolute Gasteiger partial charge is 0.372 e. The van der Waals surface area contributed by atoms with Crippen molar-refractivity contribution in [2.75, 3.05) is 22.9 Å². The molecule has 2 amide bonds. The number of carbonyl (C=O) groups is 2. The van der Waals surface area contributed by atoms with Gasteiger partial charge in [0.1, 0.15) is 0 Å². The van der Waals surface area contributed by atoms with E-state index >= 15 is 0 Å². The molecule has 190 valence electrons. The number of amides is 2. The van der Waals surface area contributed by atoms with Crippen LogP contribution in [0.25, 0.3) is 0 Å². The van der Waals surface area contributed by atoms with Gasteiger partial charge in [-0.25, -0.2) is 0 Å². The fraction of sp³-hybridized carbons (Fsp3) is 0.414. The number of anilines is 2. The number of nitrogens with one attached hydrogen (secondary N) is 1. The minimum absolute atomic E-state index is 0.0304. The van der Waals surface area contributed by atoms with Crippen molar-refractivity contribution in [1.82, 2.24) is 4.98 Å². The molecular formula is C29H29N3O3S2. The summed E-state index contributed by atoms with van der Waals surface area (Å²) in [6.45, 7) is 6.22. The molecule has 2 bridgehead atoms. The fourth-order valence-corrected chi connectivity index (χ4v) is 10.6. The van der Waals surface area contributed by atoms with Gasteiger partial charge in [-0.1, -0.05) is 41.7 Å². The average Bonchev–Trinajstić information content (AvgIpc) is 3.64. The molecule has 1 aromatic heterocycles. The number of aromatic nitrogens is 1. The number of thiazole rings is 1. The first kappa shape index (κ1) is 23.3. The first-order valence-corrected chi connectivity index (χ1v) is 14.9. The Morgan fingerprint density at radius 1 is 0.919 bits per heavy atom. The molecule has 37 heavy (non-hydrogen) atoms. The van der Waals surface area contributed by atoms with E-state index in [0.717, 1.165) is 29.4 Å².